The van der Waals surface area contributed by atoms with E-state index in [-0.39, 0.29) is 16.9 Å². The summed E-state index contributed by atoms with van der Waals surface area (Å²) in [6.45, 7) is 6.76. The topological polar surface area (TPSA) is 40.5 Å². The lowest BCUT2D eigenvalue weighted by atomic mass is 9.64. The SMILES string of the molecule is CC(C)(C)c1cccc2c1C(c1ccc(O)cc1)(c1ccc(O)cc1)c1ccccc1-2. The van der Waals surface area contributed by atoms with Crippen LogP contribution in [-0.2, 0) is 10.8 Å². The third kappa shape index (κ3) is 2.79. The van der Waals surface area contributed by atoms with Crippen LogP contribution >= 0.6 is 0 Å². The summed E-state index contributed by atoms with van der Waals surface area (Å²) >= 11 is 0. The summed E-state index contributed by atoms with van der Waals surface area (Å²) in [5, 5.41) is 20.1. The van der Waals surface area contributed by atoms with Gasteiger partial charge in [0, 0.05) is 0 Å². The Morgan fingerprint density at radius 3 is 1.65 bits per heavy atom. The van der Waals surface area contributed by atoms with Gasteiger partial charge in [0.05, 0.1) is 5.41 Å². The monoisotopic (exact) mass is 406 g/mol. The molecule has 5 rings (SSSR count). The molecule has 2 N–H and O–H groups in total. The second kappa shape index (κ2) is 6.75. The molecule has 0 unspecified atom stereocenters. The highest BCUT2D eigenvalue weighted by Gasteiger charge is 2.48. The molecule has 0 bridgehead atoms. The minimum absolute atomic E-state index is 0.0630. The molecule has 0 saturated carbocycles. The van der Waals surface area contributed by atoms with E-state index >= 15 is 0 Å². The fourth-order valence-electron chi connectivity index (χ4n) is 5.17. The summed E-state index contributed by atoms with van der Waals surface area (Å²) in [5.74, 6) is 0.500. The summed E-state index contributed by atoms with van der Waals surface area (Å²) in [6.07, 6.45) is 0. The van der Waals surface area contributed by atoms with Crippen LogP contribution in [0.3, 0.4) is 0 Å². The van der Waals surface area contributed by atoms with Crippen LogP contribution in [0.2, 0.25) is 0 Å². The highest BCUT2D eigenvalue weighted by Crippen LogP contribution is 2.58. The largest absolute Gasteiger partial charge is 0.508 e. The molecule has 0 amide bonds. The van der Waals surface area contributed by atoms with E-state index in [1.165, 1.54) is 27.8 Å². The maximum Gasteiger partial charge on any atom is 0.115 e. The van der Waals surface area contributed by atoms with Gasteiger partial charge in [-0.15, -0.1) is 0 Å². The Morgan fingerprint density at radius 1 is 0.581 bits per heavy atom. The fraction of sp³-hybridized carbons (Fsp3) is 0.172. The van der Waals surface area contributed by atoms with Crippen LogP contribution in [0.1, 0.15) is 48.6 Å². The number of benzene rings is 4. The Kier molecular flexibility index (Phi) is 4.23. The van der Waals surface area contributed by atoms with Gasteiger partial charge in [-0.05, 0) is 68.6 Å². The fourth-order valence-corrected chi connectivity index (χ4v) is 5.17. The normalized spacial score (nSPS) is 14.2. The molecule has 0 atom stereocenters. The molecule has 0 radical (unpaired) electrons. The van der Waals surface area contributed by atoms with Crippen LogP contribution in [0, 0.1) is 0 Å². The van der Waals surface area contributed by atoms with Gasteiger partial charge in [0.25, 0.3) is 0 Å². The van der Waals surface area contributed by atoms with Crippen molar-refractivity contribution >= 4 is 0 Å². The smallest absolute Gasteiger partial charge is 0.115 e. The van der Waals surface area contributed by atoms with Gasteiger partial charge in [-0.25, -0.2) is 0 Å². The molecular weight excluding hydrogens is 380 g/mol. The number of aromatic hydroxyl groups is 2. The maximum absolute atomic E-state index is 10.0. The van der Waals surface area contributed by atoms with Gasteiger partial charge in [-0.3, -0.25) is 0 Å². The first-order chi connectivity index (χ1) is 14.8. The molecular formula is C29H26O2. The average molecular weight is 407 g/mol. The van der Waals surface area contributed by atoms with E-state index in [0.717, 1.165) is 11.1 Å². The Morgan fingerprint density at radius 2 is 1.10 bits per heavy atom. The Bertz CT molecular complexity index is 1210. The highest BCUT2D eigenvalue weighted by molar-refractivity contribution is 5.87. The Labute approximate surface area is 183 Å². The van der Waals surface area contributed by atoms with Crippen LogP contribution in [0.15, 0.2) is 91.0 Å². The second-order valence-electron chi connectivity index (χ2n) is 9.37. The molecule has 0 aromatic heterocycles. The summed E-state index contributed by atoms with van der Waals surface area (Å²) in [6, 6.07) is 30.3. The molecule has 4 aromatic rings. The van der Waals surface area contributed by atoms with Crippen molar-refractivity contribution in [1.82, 2.24) is 0 Å². The van der Waals surface area contributed by atoms with E-state index < -0.39 is 5.41 Å². The molecule has 31 heavy (non-hydrogen) atoms. The van der Waals surface area contributed by atoms with Crippen molar-refractivity contribution in [1.29, 1.82) is 0 Å². The molecule has 1 aliphatic carbocycles. The Hall–Kier alpha value is -3.52. The summed E-state index contributed by atoms with van der Waals surface area (Å²) in [4.78, 5) is 0. The van der Waals surface area contributed by atoms with Gasteiger partial charge in [0.2, 0.25) is 0 Å². The average Bonchev–Trinajstić information content (AvgIpc) is 3.06. The van der Waals surface area contributed by atoms with Gasteiger partial charge in [0.15, 0.2) is 0 Å². The number of hydrogen-bond donors (Lipinski definition) is 2. The number of rotatable bonds is 2. The maximum atomic E-state index is 10.0. The van der Waals surface area contributed by atoms with E-state index in [9.17, 15) is 10.2 Å². The van der Waals surface area contributed by atoms with Gasteiger partial charge in [-0.1, -0.05) is 87.5 Å². The quantitative estimate of drug-likeness (QED) is 0.340. The molecule has 154 valence electrons. The van der Waals surface area contributed by atoms with Crippen molar-refractivity contribution in [3.63, 3.8) is 0 Å². The first kappa shape index (κ1) is 19.4. The van der Waals surface area contributed by atoms with Crippen molar-refractivity contribution in [2.24, 2.45) is 0 Å². The van der Waals surface area contributed by atoms with Crippen LogP contribution in [-0.4, -0.2) is 10.2 Å². The minimum atomic E-state index is -0.544. The summed E-state index contributed by atoms with van der Waals surface area (Å²) in [5.41, 5.74) is 7.84. The zero-order valence-electron chi connectivity index (χ0n) is 18.1. The standard InChI is InChI=1S/C29H26O2/c1-28(2,3)26-10-6-8-24-23-7-4-5-9-25(23)29(27(24)26,19-11-15-21(30)16-12-19)20-13-17-22(31)18-14-20/h4-18,30-31H,1-3H3. The molecule has 1 aliphatic rings. The third-order valence-electron chi connectivity index (χ3n) is 6.47. The lowest BCUT2D eigenvalue weighted by molar-refractivity contribution is 0.474. The first-order valence-electron chi connectivity index (χ1n) is 10.7. The molecule has 0 aliphatic heterocycles. The van der Waals surface area contributed by atoms with E-state index in [2.05, 4.69) is 63.2 Å². The molecule has 2 heteroatoms. The van der Waals surface area contributed by atoms with E-state index in [1.807, 2.05) is 24.3 Å². The van der Waals surface area contributed by atoms with Crippen molar-refractivity contribution in [2.75, 3.05) is 0 Å². The lowest BCUT2D eigenvalue weighted by Crippen LogP contribution is -2.31. The highest BCUT2D eigenvalue weighted by atomic mass is 16.3. The van der Waals surface area contributed by atoms with Gasteiger partial charge >= 0.3 is 0 Å². The minimum Gasteiger partial charge on any atom is -0.508 e. The number of phenols is 2. The molecule has 4 aromatic carbocycles. The van der Waals surface area contributed by atoms with Crippen LogP contribution in [0.4, 0.5) is 0 Å². The van der Waals surface area contributed by atoms with Crippen LogP contribution in [0.25, 0.3) is 11.1 Å². The molecule has 0 saturated heterocycles. The predicted octanol–water partition coefficient (Wildman–Crippen LogP) is 6.76. The number of hydrogen-bond acceptors (Lipinski definition) is 2. The third-order valence-corrected chi connectivity index (χ3v) is 6.47. The summed E-state index contributed by atoms with van der Waals surface area (Å²) < 4.78 is 0. The Balaban J connectivity index is 2.00. The number of fused-ring (bicyclic) bond motifs is 3. The zero-order valence-corrected chi connectivity index (χ0v) is 18.1. The van der Waals surface area contributed by atoms with Gasteiger partial charge < -0.3 is 10.2 Å². The second-order valence-corrected chi connectivity index (χ2v) is 9.37. The van der Waals surface area contributed by atoms with Crippen molar-refractivity contribution in [3.05, 3.63) is 119 Å². The van der Waals surface area contributed by atoms with Gasteiger partial charge in [0.1, 0.15) is 11.5 Å². The van der Waals surface area contributed by atoms with Crippen molar-refractivity contribution in [3.8, 4) is 22.6 Å². The van der Waals surface area contributed by atoms with Crippen molar-refractivity contribution in [2.45, 2.75) is 31.6 Å². The number of phenolic OH excluding ortho intramolecular Hbond substituents is 2. The predicted molar refractivity (Wildman–Crippen MR) is 126 cm³/mol. The van der Waals surface area contributed by atoms with E-state index in [1.54, 1.807) is 24.3 Å². The van der Waals surface area contributed by atoms with Crippen LogP contribution < -0.4 is 0 Å². The molecule has 0 heterocycles. The van der Waals surface area contributed by atoms with Crippen molar-refractivity contribution < 1.29 is 10.2 Å². The molecule has 0 spiro atoms. The van der Waals surface area contributed by atoms with Gasteiger partial charge in [-0.2, -0.15) is 0 Å². The van der Waals surface area contributed by atoms with Crippen LogP contribution in [0.5, 0.6) is 11.5 Å². The van der Waals surface area contributed by atoms with E-state index in [4.69, 9.17) is 0 Å². The molecule has 2 nitrogen and oxygen atoms in total. The zero-order chi connectivity index (χ0) is 21.8. The lowest BCUT2D eigenvalue weighted by Gasteiger charge is -2.37. The van der Waals surface area contributed by atoms with E-state index in [0.29, 0.717) is 0 Å². The first-order valence-corrected chi connectivity index (χ1v) is 10.7. The summed E-state index contributed by atoms with van der Waals surface area (Å²) in [7, 11) is 0. The molecule has 0 fully saturated rings.